The summed E-state index contributed by atoms with van der Waals surface area (Å²) in [6, 6.07) is 9.20. The van der Waals surface area contributed by atoms with Crippen molar-refractivity contribution in [3.63, 3.8) is 0 Å². The van der Waals surface area contributed by atoms with Gasteiger partial charge in [-0.15, -0.1) is 0 Å². The van der Waals surface area contributed by atoms with Crippen molar-refractivity contribution in [2.45, 2.75) is 84.2 Å². The molecule has 1 aliphatic carbocycles. The van der Waals surface area contributed by atoms with E-state index in [1.54, 1.807) is 0 Å². The molecule has 0 atom stereocenters. The highest BCUT2D eigenvalue weighted by atomic mass is 16.5. The third-order valence-corrected chi connectivity index (χ3v) is 5.25. The van der Waals surface area contributed by atoms with Crippen molar-refractivity contribution in [3.8, 4) is 0 Å². The molecule has 0 N–H and O–H groups in total. The zero-order chi connectivity index (χ0) is 17.0. The monoisotopic (exact) mass is 328 g/mol. The van der Waals surface area contributed by atoms with E-state index in [1.807, 2.05) is 0 Å². The molecule has 0 aromatic heterocycles. The summed E-state index contributed by atoms with van der Waals surface area (Å²) < 4.78 is 5.76. The predicted octanol–water partition coefficient (Wildman–Crippen LogP) is 7.02. The maximum atomic E-state index is 5.76. The normalized spacial score (nSPS) is 21.4. The lowest BCUT2D eigenvalue weighted by Gasteiger charge is -2.27. The molecule has 1 nitrogen and oxygen atoms in total. The standard InChI is InChI=1S/C23H36O/c1-3-5-7-9-20-10-14-22(15-11-20)23-16-12-21(13-17-23)19-24-18-8-6-4-2/h7,9,12-13,16-17,20,22H,3-6,8,10-11,14-15,18-19H2,1-2H3. The first-order valence-corrected chi connectivity index (χ1v) is 10.2. The Bertz CT molecular complexity index is 451. The summed E-state index contributed by atoms with van der Waals surface area (Å²) in [5.74, 6) is 1.59. The third-order valence-electron chi connectivity index (χ3n) is 5.25. The Morgan fingerprint density at radius 3 is 2.38 bits per heavy atom. The number of rotatable bonds is 10. The number of hydrogen-bond donors (Lipinski definition) is 0. The smallest absolute Gasteiger partial charge is 0.0716 e. The van der Waals surface area contributed by atoms with Gasteiger partial charge in [0.2, 0.25) is 0 Å². The lowest BCUT2D eigenvalue weighted by atomic mass is 9.78. The van der Waals surface area contributed by atoms with Gasteiger partial charge in [0.25, 0.3) is 0 Å². The van der Waals surface area contributed by atoms with Gasteiger partial charge in [-0.2, -0.15) is 0 Å². The fraction of sp³-hybridized carbons (Fsp3) is 0.652. The van der Waals surface area contributed by atoms with Crippen molar-refractivity contribution >= 4 is 0 Å². The minimum atomic E-state index is 0.763. The minimum Gasteiger partial charge on any atom is -0.377 e. The molecule has 0 unspecified atom stereocenters. The topological polar surface area (TPSA) is 9.23 Å². The summed E-state index contributed by atoms with van der Waals surface area (Å²) in [5, 5.41) is 0. The van der Waals surface area contributed by atoms with E-state index in [1.165, 1.54) is 68.9 Å². The number of benzene rings is 1. The molecule has 0 radical (unpaired) electrons. The van der Waals surface area contributed by atoms with Crippen LogP contribution in [0.3, 0.4) is 0 Å². The first kappa shape index (κ1) is 19.2. The summed E-state index contributed by atoms with van der Waals surface area (Å²) >= 11 is 0. The lowest BCUT2D eigenvalue weighted by molar-refractivity contribution is 0.117. The highest BCUT2D eigenvalue weighted by molar-refractivity contribution is 5.25. The Labute approximate surface area is 149 Å². The van der Waals surface area contributed by atoms with Gasteiger partial charge in [0.05, 0.1) is 6.61 Å². The van der Waals surface area contributed by atoms with E-state index in [-0.39, 0.29) is 0 Å². The fourth-order valence-corrected chi connectivity index (χ4v) is 3.63. The van der Waals surface area contributed by atoms with Crippen LogP contribution in [0.5, 0.6) is 0 Å². The average molecular weight is 329 g/mol. The molecular weight excluding hydrogens is 292 g/mol. The molecule has 0 amide bonds. The number of unbranched alkanes of at least 4 members (excludes halogenated alkanes) is 3. The molecule has 1 aromatic carbocycles. The maximum Gasteiger partial charge on any atom is 0.0716 e. The van der Waals surface area contributed by atoms with E-state index >= 15 is 0 Å². The summed E-state index contributed by atoms with van der Waals surface area (Å²) in [6.07, 6.45) is 16.5. The second kappa shape index (κ2) is 11.5. The van der Waals surface area contributed by atoms with E-state index in [4.69, 9.17) is 4.74 Å². The largest absolute Gasteiger partial charge is 0.377 e. The Hall–Kier alpha value is -1.08. The molecule has 0 bridgehead atoms. The van der Waals surface area contributed by atoms with Gasteiger partial charge >= 0.3 is 0 Å². The molecule has 1 heteroatoms. The Balaban J connectivity index is 1.72. The first-order valence-electron chi connectivity index (χ1n) is 10.2. The molecule has 0 aliphatic heterocycles. The molecule has 1 aromatic rings. The highest BCUT2D eigenvalue weighted by Gasteiger charge is 2.20. The molecular formula is C23H36O. The van der Waals surface area contributed by atoms with Gasteiger partial charge in [0.15, 0.2) is 0 Å². The van der Waals surface area contributed by atoms with Gasteiger partial charge in [-0.1, -0.05) is 69.5 Å². The van der Waals surface area contributed by atoms with E-state index < -0.39 is 0 Å². The van der Waals surface area contributed by atoms with Crippen LogP contribution in [0.15, 0.2) is 36.4 Å². The fourth-order valence-electron chi connectivity index (χ4n) is 3.63. The van der Waals surface area contributed by atoms with E-state index in [0.717, 1.165) is 25.0 Å². The molecule has 1 aliphatic rings. The Morgan fingerprint density at radius 1 is 0.958 bits per heavy atom. The van der Waals surface area contributed by atoms with Crippen molar-refractivity contribution in [1.29, 1.82) is 0 Å². The second-order valence-electron chi connectivity index (χ2n) is 7.33. The first-order chi connectivity index (χ1) is 11.8. The molecule has 134 valence electrons. The average Bonchev–Trinajstić information content (AvgIpc) is 2.63. The van der Waals surface area contributed by atoms with Crippen LogP contribution in [-0.4, -0.2) is 6.61 Å². The van der Waals surface area contributed by atoms with Gasteiger partial charge < -0.3 is 4.74 Å². The summed E-state index contributed by atoms with van der Waals surface area (Å²) in [6.45, 7) is 6.14. The maximum absolute atomic E-state index is 5.76. The van der Waals surface area contributed by atoms with Crippen molar-refractivity contribution in [2.24, 2.45) is 5.92 Å². The Kier molecular flexibility index (Phi) is 9.20. The van der Waals surface area contributed by atoms with Crippen LogP contribution in [-0.2, 0) is 11.3 Å². The van der Waals surface area contributed by atoms with Crippen LogP contribution in [0.4, 0.5) is 0 Å². The van der Waals surface area contributed by atoms with Crippen LogP contribution in [0.2, 0.25) is 0 Å². The molecule has 0 saturated heterocycles. The van der Waals surface area contributed by atoms with Gasteiger partial charge in [-0.05, 0) is 61.5 Å². The lowest BCUT2D eigenvalue weighted by Crippen LogP contribution is -2.11. The predicted molar refractivity (Wildman–Crippen MR) is 104 cm³/mol. The Morgan fingerprint density at radius 2 is 1.71 bits per heavy atom. The van der Waals surface area contributed by atoms with Gasteiger partial charge in [-0.25, -0.2) is 0 Å². The van der Waals surface area contributed by atoms with Gasteiger partial charge in [0.1, 0.15) is 0 Å². The van der Waals surface area contributed by atoms with E-state index in [2.05, 4.69) is 50.3 Å². The summed E-state index contributed by atoms with van der Waals surface area (Å²) in [5.41, 5.74) is 2.84. The molecule has 1 saturated carbocycles. The third kappa shape index (κ3) is 6.81. The van der Waals surface area contributed by atoms with Crippen LogP contribution < -0.4 is 0 Å². The van der Waals surface area contributed by atoms with E-state index in [9.17, 15) is 0 Å². The summed E-state index contributed by atoms with van der Waals surface area (Å²) in [7, 11) is 0. The van der Waals surface area contributed by atoms with Crippen LogP contribution >= 0.6 is 0 Å². The molecule has 2 rings (SSSR count). The van der Waals surface area contributed by atoms with Crippen LogP contribution in [0, 0.1) is 5.92 Å². The van der Waals surface area contributed by atoms with Crippen LogP contribution in [0.25, 0.3) is 0 Å². The SMILES string of the molecule is CCCC=CC1CCC(c2ccc(COCCCCC)cc2)CC1. The number of allylic oxidation sites excluding steroid dienone is 2. The highest BCUT2D eigenvalue weighted by Crippen LogP contribution is 2.36. The quantitative estimate of drug-likeness (QED) is 0.331. The molecule has 0 spiro atoms. The van der Waals surface area contributed by atoms with Crippen molar-refractivity contribution in [3.05, 3.63) is 47.5 Å². The summed E-state index contributed by atoms with van der Waals surface area (Å²) in [4.78, 5) is 0. The molecule has 0 heterocycles. The van der Waals surface area contributed by atoms with Crippen molar-refractivity contribution in [2.75, 3.05) is 6.61 Å². The van der Waals surface area contributed by atoms with Crippen molar-refractivity contribution in [1.82, 2.24) is 0 Å². The minimum absolute atomic E-state index is 0.763. The molecule has 1 fully saturated rings. The van der Waals surface area contributed by atoms with Crippen LogP contribution in [0.1, 0.15) is 88.7 Å². The van der Waals surface area contributed by atoms with Crippen molar-refractivity contribution < 1.29 is 4.74 Å². The van der Waals surface area contributed by atoms with Gasteiger partial charge in [-0.3, -0.25) is 0 Å². The zero-order valence-corrected chi connectivity index (χ0v) is 15.8. The number of ether oxygens (including phenoxy) is 1. The zero-order valence-electron chi connectivity index (χ0n) is 15.8. The molecule has 24 heavy (non-hydrogen) atoms. The number of hydrogen-bond acceptors (Lipinski definition) is 1. The van der Waals surface area contributed by atoms with Gasteiger partial charge in [0, 0.05) is 6.61 Å². The second-order valence-corrected chi connectivity index (χ2v) is 7.33. The van der Waals surface area contributed by atoms with E-state index in [0.29, 0.717) is 0 Å².